The number of furan rings is 1. The summed E-state index contributed by atoms with van der Waals surface area (Å²) in [5, 5.41) is 6.98. The first-order valence-corrected chi connectivity index (χ1v) is 29.4. The monoisotopic (exact) mass is 1060 g/mol. The first kappa shape index (κ1) is 51.5. The summed E-state index contributed by atoms with van der Waals surface area (Å²) in [7, 11) is 0. The molecule has 1 heterocycles. The quantitative estimate of drug-likeness (QED) is 0.165. The molecule has 3 heteroatoms. The van der Waals surface area contributed by atoms with Gasteiger partial charge in [-0.25, -0.2) is 0 Å². The molecule has 0 fully saturated rings. The van der Waals surface area contributed by atoms with Crippen molar-refractivity contribution in [3.05, 3.63) is 263 Å². The topological polar surface area (TPSA) is 19.6 Å². The van der Waals surface area contributed by atoms with Crippen molar-refractivity contribution in [3.63, 3.8) is 0 Å². The Morgan fingerprint density at radius 1 is 0.317 bits per heavy atom. The lowest BCUT2D eigenvalue weighted by atomic mass is 9.70. The molecule has 11 aromatic carbocycles. The molecule has 0 amide bonds. The Kier molecular flexibility index (Phi) is 11.4. The van der Waals surface area contributed by atoms with Crippen LogP contribution in [0.4, 0.5) is 34.1 Å². The van der Waals surface area contributed by atoms with Crippen molar-refractivity contribution in [2.24, 2.45) is 0 Å². The highest BCUT2D eigenvalue weighted by atomic mass is 16.3. The highest BCUT2D eigenvalue weighted by Crippen LogP contribution is 2.66. The van der Waals surface area contributed by atoms with Crippen molar-refractivity contribution in [1.82, 2.24) is 0 Å². The highest BCUT2D eigenvalue weighted by Gasteiger charge is 2.53. The second-order valence-electron chi connectivity index (χ2n) is 27.4. The summed E-state index contributed by atoms with van der Waals surface area (Å²) in [6.07, 6.45) is 0. The van der Waals surface area contributed by atoms with E-state index in [2.05, 4.69) is 311 Å². The molecule has 12 aromatic rings. The molecule has 2 aliphatic carbocycles. The van der Waals surface area contributed by atoms with Crippen LogP contribution in [0.2, 0.25) is 0 Å². The van der Waals surface area contributed by atoms with Gasteiger partial charge in [0.15, 0.2) is 5.58 Å². The van der Waals surface area contributed by atoms with E-state index >= 15 is 0 Å². The van der Waals surface area contributed by atoms with Gasteiger partial charge in [0.2, 0.25) is 0 Å². The fourth-order valence-corrected chi connectivity index (χ4v) is 13.7. The average molecular weight is 1070 g/mol. The number of hydrogen-bond acceptors (Lipinski definition) is 3. The number of rotatable bonds is 6. The molecule has 1 aromatic heterocycles. The van der Waals surface area contributed by atoms with Crippen LogP contribution in [0.5, 0.6) is 0 Å². The van der Waals surface area contributed by atoms with Crippen LogP contribution >= 0.6 is 0 Å². The third-order valence-corrected chi connectivity index (χ3v) is 18.1. The maximum absolute atomic E-state index is 7.25. The van der Waals surface area contributed by atoms with E-state index in [0.717, 1.165) is 61.4 Å². The van der Waals surface area contributed by atoms with Gasteiger partial charge in [0.1, 0.15) is 5.58 Å². The number of para-hydroxylation sites is 1. The molecule has 0 atom stereocenters. The summed E-state index contributed by atoms with van der Waals surface area (Å²) >= 11 is 0. The van der Waals surface area contributed by atoms with E-state index < -0.39 is 5.41 Å². The molecule has 0 bridgehead atoms. The maximum Gasteiger partial charge on any atom is 0.160 e. The Hall–Kier alpha value is -8.66. The molecule has 2 aliphatic rings. The van der Waals surface area contributed by atoms with Gasteiger partial charge in [0.25, 0.3) is 0 Å². The second-order valence-corrected chi connectivity index (χ2v) is 27.4. The van der Waals surface area contributed by atoms with Crippen LogP contribution in [-0.4, -0.2) is 0 Å². The zero-order valence-corrected chi connectivity index (χ0v) is 49.6. The van der Waals surface area contributed by atoms with Crippen LogP contribution in [0.3, 0.4) is 0 Å². The van der Waals surface area contributed by atoms with Crippen LogP contribution < -0.4 is 9.80 Å². The number of anilines is 6. The van der Waals surface area contributed by atoms with Crippen LogP contribution in [0.15, 0.2) is 223 Å². The van der Waals surface area contributed by atoms with Crippen molar-refractivity contribution >= 4 is 77.6 Å². The summed E-state index contributed by atoms with van der Waals surface area (Å²) < 4.78 is 7.25. The van der Waals surface area contributed by atoms with E-state index in [1.807, 2.05) is 0 Å². The van der Waals surface area contributed by atoms with Gasteiger partial charge in [-0.2, -0.15) is 0 Å². The van der Waals surface area contributed by atoms with Gasteiger partial charge in [-0.1, -0.05) is 223 Å². The van der Waals surface area contributed by atoms with Gasteiger partial charge in [0, 0.05) is 38.9 Å². The molecule has 0 N–H and O–H groups in total. The predicted octanol–water partition coefficient (Wildman–Crippen LogP) is 22.4. The van der Waals surface area contributed by atoms with Gasteiger partial charge in [-0.05, 0) is 183 Å². The van der Waals surface area contributed by atoms with E-state index in [9.17, 15) is 0 Å². The molecule has 0 aliphatic heterocycles. The SMILES string of the molecule is CC(C)(C)c1ccc(N(c2ccc(C(C)(C)C)cc2)c2cc3c(c4ccccc24)-c2cc4c(cc2C32c3ccccc3-c3ccccc32)cc(N(c2ccc(C(C)(C)C)cc2)c2ccc(C(C)(C)C)cc2)c2oc3ccccc3c24)cc1. The van der Waals surface area contributed by atoms with Gasteiger partial charge < -0.3 is 14.2 Å². The first-order chi connectivity index (χ1) is 39.2. The molecule has 14 rings (SSSR count). The van der Waals surface area contributed by atoms with E-state index in [0.29, 0.717) is 0 Å². The molecule has 0 radical (unpaired) electrons. The van der Waals surface area contributed by atoms with Gasteiger partial charge in [-0.3, -0.25) is 0 Å². The Morgan fingerprint density at radius 2 is 0.720 bits per heavy atom. The number of nitrogens with zero attached hydrogens (tertiary/aromatic N) is 2. The zero-order chi connectivity index (χ0) is 56.8. The molecule has 3 nitrogen and oxygen atoms in total. The lowest BCUT2D eigenvalue weighted by Gasteiger charge is -2.33. The summed E-state index contributed by atoms with van der Waals surface area (Å²) in [5.41, 5.74) is 23.1. The van der Waals surface area contributed by atoms with Crippen molar-refractivity contribution in [2.75, 3.05) is 9.80 Å². The number of hydrogen-bond donors (Lipinski definition) is 0. The highest BCUT2D eigenvalue weighted by molar-refractivity contribution is 6.25. The third kappa shape index (κ3) is 7.90. The molecular weight excluding hydrogens is 993 g/mol. The third-order valence-electron chi connectivity index (χ3n) is 18.1. The van der Waals surface area contributed by atoms with Gasteiger partial charge in [0.05, 0.1) is 16.8 Å². The number of benzene rings is 11. The first-order valence-electron chi connectivity index (χ1n) is 29.4. The van der Waals surface area contributed by atoms with E-state index in [1.165, 1.54) is 82.9 Å². The molecule has 0 saturated carbocycles. The van der Waals surface area contributed by atoms with Gasteiger partial charge >= 0.3 is 0 Å². The lowest BCUT2D eigenvalue weighted by Crippen LogP contribution is -2.26. The lowest BCUT2D eigenvalue weighted by molar-refractivity contribution is 0.590. The molecule has 1 spiro atoms. The van der Waals surface area contributed by atoms with E-state index in [1.54, 1.807) is 0 Å². The standard InChI is InChI=1S/C79H72N2O/c1-75(2,3)50-29-37-54(38-30-50)80(55-39-31-51(32-40-55)76(4,5)6)69-48-68-72(61-24-14-13-23-60(61)69)64-47-63-49(45-67(64)79(68)65-26-18-15-21-58(65)59-22-16-19-27-66(59)79)46-70(74-73(63)62-25-17-20-28-71(62)82-74)81(56-41-33-52(34-42-56)77(7,8)9)57-43-35-53(36-44-57)78(10,11)12/h13-48H,1-12H3. The second kappa shape index (κ2) is 18.2. The van der Waals surface area contributed by atoms with E-state index in [-0.39, 0.29) is 21.7 Å². The van der Waals surface area contributed by atoms with Crippen molar-refractivity contribution in [1.29, 1.82) is 0 Å². The number of fused-ring (bicyclic) bond motifs is 17. The van der Waals surface area contributed by atoms with Crippen LogP contribution in [-0.2, 0) is 27.1 Å². The summed E-state index contributed by atoms with van der Waals surface area (Å²) in [6, 6.07) is 83.3. The molecule has 82 heavy (non-hydrogen) atoms. The largest absolute Gasteiger partial charge is 0.454 e. The van der Waals surface area contributed by atoms with E-state index in [4.69, 9.17) is 4.42 Å². The van der Waals surface area contributed by atoms with Crippen molar-refractivity contribution < 1.29 is 4.42 Å². The van der Waals surface area contributed by atoms with Crippen molar-refractivity contribution in [3.8, 4) is 22.3 Å². The minimum atomic E-state index is -0.665. The molecular formula is C79H72N2O. The molecule has 0 saturated heterocycles. The van der Waals surface area contributed by atoms with Crippen LogP contribution in [0.25, 0.3) is 65.7 Å². The van der Waals surface area contributed by atoms with Crippen LogP contribution in [0, 0.1) is 0 Å². The molecule has 0 unspecified atom stereocenters. The summed E-state index contributed by atoms with van der Waals surface area (Å²) in [6.45, 7) is 27.5. The maximum atomic E-state index is 7.25. The average Bonchev–Trinajstić information content (AvgIpc) is 1.66. The summed E-state index contributed by atoms with van der Waals surface area (Å²) in [5.74, 6) is 0. The molecule has 404 valence electrons. The van der Waals surface area contributed by atoms with Crippen LogP contribution in [0.1, 0.15) is 128 Å². The van der Waals surface area contributed by atoms with Crippen molar-refractivity contribution in [2.45, 2.75) is 110 Å². The minimum Gasteiger partial charge on any atom is -0.454 e. The Morgan fingerprint density at radius 3 is 1.18 bits per heavy atom. The zero-order valence-electron chi connectivity index (χ0n) is 49.6. The fourth-order valence-electron chi connectivity index (χ4n) is 13.7. The Balaban J connectivity index is 1.10. The van der Waals surface area contributed by atoms with Gasteiger partial charge in [-0.15, -0.1) is 0 Å². The minimum absolute atomic E-state index is 0.00215. The normalized spacial score (nSPS) is 13.7. The smallest absolute Gasteiger partial charge is 0.160 e. The Labute approximate surface area is 484 Å². The Bertz CT molecular complexity index is 4350. The predicted molar refractivity (Wildman–Crippen MR) is 349 cm³/mol. The summed E-state index contributed by atoms with van der Waals surface area (Å²) in [4.78, 5) is 4.95. The fraction of sp³-hybridized carbons (Fsp3) is 0.215.